The van der Waals surface area contributed by atoms with Gasteiger partial charge in [-0.05, 0) is 30.0 Å². The summed E-state index contributed by atoms with van der Waals surface area (Å²) >= 11 is -0.335. The normalized spacial score (nSPS) is 12.0. The van der Waals surface area contributed by atoms with Crippen molar-refractivity contribution >= 4 is 22.5 Å². The summed E-state index contributed by atoms with van der Waals surface area (Å²) in [6, 6.07) is 4.71. The van der Waals surface area contributed by atoms with Crippen molar-refractivity contribution in [2.45, 2.75) is 15.3 Å². The second kappa shape index (κ2) is 4.22. The fourth-order valence-electron chi connectivity index (χ4n) is 0.794. The number of hydrogen-bond acceptors (Lipinski definition) is 3. The molecule has 14 heavy (non-hydrogen) atoms. The molecule has 78 valence electrons. The van der Waals surface area contributed by atoms with Crippen molar-refractivity contribution in [2.24, 2.45) is 0 Å². The molecule has 0 bridgehead atoms. The third-order valence-electron chi connectivity index (χ3n) is 1.26. The summed E-state index contributed by atoms with van der Waals surface area (Å²) in [6.07, 6.45) is 0. The van der Waals surface area contributed by atoms with Gasteiger partial charge < -0.3 is 0 Å². The van der Waals surface area contributed by atoms with E-state index < -0.39 is 16.2 Å². The van der Waals surface area contributed by atoms with Crippen molar-refractivity contribution < 1.29 is 21.6 Å². The molecule has 0 aliphatic carbocycles. The van der Waals surface area contributed by atoms with Gasteiger partial charge in [-0.1, -0.05) is 6.07 Å². The van der Waals surface area contributed by atoms with E-state index in [0.29, 0.717) is 0 Å². The van der Waals surface area contributed by atoms with Gasteiger partial charge in [0.15, 0.2) is 10.7 Å². The van der Waals surface area contributed by atoms with Crippen LogP contribution in [0.5, 0.6) is 0 Å². The van der Waals surface area contributed by atoms with Crippen LogP contribution in [0.2, 0.25) is 0 Å². The first-order valence-electron chi connectivity index (χ1n) is 3.39. The number of thiol groups is 1. The molecule has 1 aromatic carbocycles. The Balaban J connectivity index is 2.95. The Kier molecular flexibility index (Phi) is 3.43. The van der Waals surface area contributed by atoms with Crippen molar-refractivity contribution in [3.63, 3.8) is 0 Å². The third-order valence-corrected chi connectivity index (χ3v) is 2.68. The van der Waals surface area contributed by atoms with E-state index in [1.165, 1.54) is 18.2 Å². The van der Waals surface area contributed by atoms with E-state index in [0.717, 1.165) is 6.07 Å². The highest BCUT2D eigenvalue weighted by atomic mass is 32.2. The summed E-state index contributed by atoms with van der Waals surface area (Å²) in [7, 11) is -2.83. The predicted octanol–water partition coefficient (Wildman–Crippen LogP) is 2.27. The zero-order chi connectivity index (χ0) is 10.8. The molecule has 2 nitrogen and oxygen atoms in total. The molecule has 0 heterocycles. The second-order valence-electron chi connectivity index (χ2n) is 2.30. The Morgan fingerprint density at radius 2 is 1.86 bits per heavy atom. The number of thioether (sulfide) groups is 1. The van der Waals surface area contributed by atoms with Gasteiger partial charge in [-0.2, -0.15) is 13.2 Å². The van der Waals surface area contributed by atoms with Crippen LogP contribution in [0, 0.1) is 0 Å². The topological polar surface area (TPSA) is 34.1 Å². The van der Waals surface area contributed by atoms with E-state index in [2.05, 4.69) is 0 Å². The minimum Gasteiger partial charge on any atom is -0.227 e. The van der Waals surface area contributed by atoms with Gasteiger partial charge in [0.2, 0.25) is 0 Å². The van der Waals surface area contributed by atoms with Gasteiger partial charge in [-0.25, -0.2) is 8.42 Å². The molecular weight excluding hydrogens is 237 g/mol. The maximum atomic E-state index is 11.9. The van der Waals surface area contributed by atoms with Gasteiger partial charge in [0, 0.05) is 4.90 Å². The van der Waals surface area contributed by atoms with Crippen LogP contribution in [-0.2, 0) is 10.7 Å². The third kappa shape index (κ3) is 3.59. The van der Waals surface area contributed by atoms with E-state index in [1.54, 1.807) is 0 Å². The van der Waals surface area contributed by atoms with Crippen molar-refractivity contribution in [1.82, 2.24) is 0 Å². The first-order chi connectivity index (χ1) is 6.38. The van der Waals surface area contributed by atoms with Crippen LogP contribution >= 0.6 is 11.8 Å². The summed E-state index contributed by atoms with van der Waals surface area (Å²) in [5, 5.41) is 0. The lowest BCUT2D eigenvalue weighted by Gasteiger charge is -2.04. The highest BCUT2D eigenvalue weighted by Gasteiger charge is 2.29. The molecule has 1 aromatic rings. The number of hydrogen-bond donors (Lipinski definition) is 1. The molecule has 0 spiro atoms. The minimum absolute atomic E-state index is 0.116. The maximum Gasteiger partial charge on any atom is 0.446 e. The monoisotopic (exact) mass is 242 g/mol. The lowest BCUT2D eigenvalue weighted by atomic mass is 10.4. The van der Waals surface area contributed by atoms with Crippen LogP contribution in [0.4, 0.5) is 13.2 Å². The average molecular weight is 242 g/mol. The van der Waals surface area contributed by atoms with Crippen molar-refractivity contribution in [3.05, 3.63) is 24.3 Å². The summed E-state index contributed by atoms with van der Waals surface area (Å²) < 4.78 is 56.6. The van der Waals surface area contributed by atoms with E-state index in [-0.39, 0.29) is 21.6 Å². The zero-order valence-electron chi connectivity index (χ0n) is 6.62. The zero-order valence-corrected chi connectivity index (χ0v) is 8.33. The summed E-state index contributed by atoms with van der Waals surface area (Å²) in [6.45, 7) is 0. The van der Waals surface area contributed by atoms with Crippen molar-refractivity contribution in [2.75, 3.05) is 0 Å². The first kappa shape index (κ1) is 11.4. The molecule has 0 radical (unpaired) electrons. The van der Waals surface area contributed by atoms with Crippen LogP contribution in [0.1, 0.15) is 0 Å². The van der Waals surface area contributed by atoms with E-state index in [1.807, 2.05) is 0 Å². The van der Waals surface area contributed by atoms with Crippen LogP contribution in [0.25, 0.3) is 0 Å². The molecule has 0 saturated carbocycles. The minimum atomic E-state index is -4.40. The SMILES string of the molecule is O=[SH](=O)c1cccc(SC(F)(F)F)c1. The number of rotatable bonds is 2. The second-order valence-corrected chi connectivity index (χ2v) is 4.47. The Labute approximate surface area is 84.1 Å². The van der Waals surface area contributed by atoms with E-state index >= 15 is 0 Å². The number of halogens is 3. The fourth-order valence-corrected chi connectivity index (χ4v) is 1.93. The highest BCUT2D eigenvalue weighted by Crippen LogP contribution is 2.36. The average Bonchev–Trinajstić information content (AvgIpc) is 2.01. The van der Waals surface area contributed by atoms with Crippen LogP contribution in [0.3, 0.4) is 0 Å². The largest absolute Gasteiger partial charge is 0.446 e. The molecule has 0 atom stereocenters. The molecule has 0 fully saturated rings. The lowest BCUT2D eigenvalue weighted by Crippen LogP contribution is -1.99. The summed E-state index contributed by atoms with van der Waals surface area (Å²) in [5.41, 5.74) is -4.40. The Bertz CT molecular complexity index is 390. The number of benzene rings is 1. The van der Waals surface area contributed by atoms with Crippen LogP contribution in [0.15, 0.2) is 34.1 Å². The quantitative estimate of drug-likeness (QED) is 0.638. The molecule has 0 aromatic heterocycles. The molecular formula is C7H5F3O2S2. The standard InChI is InChI=1S/C7H5F3O2S2/c8-7(9,10)13-5-2-1-3-6(4-5)14(11)12/h1-4,14H. The van der Waals surface area contributed by atoms with Gasteiger partial charge >= 0.3 is 5.51 Å². The smallest absolute Gasteiger partial charge is 0.227 e. The molecule has 1 rings (SSSR count). The van der Waals surface area contributed by atoms with Gasteiger partial charge in [0.1, 0.15) is 0 Å². The van der Waals surface area contributed by atoms with Crippen LogP contribution < -0.4 is 0 Å². The Morgan fingerprint density at radius 3 is 2.36 bits per heavy atom. The van der Waals surface area contributed by atoms with E-state index in [4.69, 9.17) is 0 Å². The van der Waals surface area contributed by atoms with E-state index in [9.17, 15) is 21.6 Å². The molecule has 0 aliphatic rings. The molecule has 7 heteroatoms. The molecule has 0 amide bonds. The van der Waals surface area contributed by atoms with Crippen LogP contribution in [-0.4, -0.2) is 13.9 Å². The van der Waals surface area contributed by atoms with Gasteiger partial charge in [0.25, 0.3) is 0 Å². The lowest BCUT2D eigenvalue weighted by molar-refractivity contribution is -0.0328. The summed E-state index contributed by atoms with van der Waals surface area (Å²) in [4.78, 5) is -0.247. The molecule has 0 unspecified atom stereocenters. The molecule has 0 aliphatic heterocycles. The van der Waals surface area contributed by atoms with Crippen molar-refractivity contribution in [1.29, 1.82) is 0 Å². The summed E-state index contributed by atoms with van der Waals surface area (Å²) in [5.74, 6) is 0. The van der Waals surface area contributed by atoms with Gasteiger partial charge in [-0.15, -0.1) is 0 Å². The maximum absolute atomic E-state index is 11.9. The Hall–Kier alpha value is -0.690. The van der Waals surface area contributed by atoms with Gasteiger partial charge in [-0.3, -0.25) is 0 Å². The number of alkyl halides is 3. The van der Waals surface area contributed by atoms with Crippen molar-refractivity contribution in [3.8, 4) is 0 Å². The molecule has 0 N–H and O–H groups in total. The first-order valence-corrected chi connectivity index (χ1v) is 5.38. The highest BCUT2D eigenvalue weighted by molar-refractivity contribution is 8.00. The Morgan fingerprint density at radius 1 is 1.21 bits per heavy atom. The predicted molar refractivity (Wildman–Crippen MR) is 46.9 cm³/mol. The fraction of sp³-hybridized carbons (Fsp3) is 0.143. The van der Waals surface area contributed by atoms with Gasteiger partial charge in [0.05, 0.1) is 4.90 Å². The molecule has 0 saturated heterocycles.